The molecule has 1 amide bonds. The molecule has 0 bridgehead atoms. The van der Waals surface area contributed by atoms with E-state index in [1.54, 1.807) is 43.5 Å². The number of hydrogen-bond donors (Lipinski definition) is 3. The number of aromatic hydroxyl groups is 1. The zero-order valence-electron chi connectivity index (χ0n) is 31.8. The molecule has 6 atom stereocenters. The Labute approximate surface area is 317 Å². The highest BCUT2D eigenvalue weighted by molar-refractivity contribution is 6.02. The highest BCUT2D eigenvalue weighted by Gasteiger charge is 2.65. The van der Waals surface area contributed by atoms with Gasteiger partial charge in [0.2, 0.25) is 5.79 Å². The number of fused-ring (bicyclic) bond motifs is 2. The maximum absolute atomic E-state index is 13.9. The Hall–Kier alpha value is -4.46. The monoisotopic (exact) mass is 749 g/mol. The van der Waals surface area contributed by atoms with Crippen LogP contribution in [-0.4, -0.2) is 82.3 Å². The number of nitro benzene ring substituents is 1. The molecule has 54 heavy (non-hydrogen) atoms. The minimum atomic E-state index is -1.44. The van der Waals surface area contributed by atoms with Gasteiger partial charge >= 0.3 is 6.09 Å². The van der Waals surface area contributed by atoms with Gasteiger partial charge in [-0.15, -0.1) is 6.58 Å². The van der Waals surface area contributed by atoms with Crippen LogP contribution in [0.3, 0.4) is 0 Å². The number of carbonyl (C=O) groups excluding carboxylic acids is 1. The number of nitrogens with zero attached hydrogens (tertiary/aromatic N) is 3. The molecule has 1 saturated carbocycles. The van der Waals surface area contributed by atoms with Gasteiger partial charge in [0.25, 0.3) is 5.69 Å². The predicted molar refractivity (Wildman–Crippen MR) is 203 cm³/mol. The molecule has 13 heteroatoms. The lowest BCUT2D eigenvalue weighted by Gasteiger charge is -2.59. The number of unbranched alkanes of at least 4 members (excludes halogenated alkanes) is 2. The topological polar surface area (TPSA) is 173 Å². The fourth-order valence-electron chi connectivity index (χ4n) is 8.14. The zero-order valence-corrected chi connectivity index (χ0v) is 31.8. The molecule has 1 fully saturated rings. The van der Waals surface area contributed by atoms with Gasteiger partial charge in [-0.3, -0.25) is 10.1 Å². The van der Waals surface area contributed by atoms with Crippen molar-refractivity contribution in [1.29, 1.82) is 0 Å². The van der Waals surface area contributed by atoms with Gasteiger partial charge in [-0.1, -0.05) is 50.9 Å². The smallest absolute Gasteiger partial charge is 0.410 e. The third-order valence-electron chi connectivity index (χ3n) is 10.6. The van der Waals surface area contributed by atoms with E-state index in [-0.39, 0.29) is 74.1 Å². The van der Waals surface area contributed by atoms with Crippen molar-refractivity contribution < 1.29 is 44.1 Å². The number of oxime groups is 1. The van der Waals surface area contributed by atoms with E-state index < -0.39 is 28.8 Å². The normalized spacial score (nSPS) is 25.1. The minimum absolute atomic E-state index is 0.0133. The second kappa shape index (κ2) is 17.8. The number of phenols is 1. The maximum Gasteiger partial charge on any atom is 0.410 e. The second-order valence-corrected chi connectivity index (χ2v) is 15.7. The SMILES string of the molecule is C=CCO[C@@]12Oc3ccc(O)cc3[C@H]3[C@H](CCCCO)[C@@H](CCCCO)C=C(C(=NOCc4ccc([N+](=O)[O-])cc4)C[C@@H]1N(C)C(=O)OCC(C)(C)C)[C@H]32. The number of hydrogen-bond acceptors (Lipinski definition) is 11. The molecule has 13 nitrogen and oxygen atoms in total. The molecule has 5 rings (SSSR count). The molecule has 2 aromatic rings. The quantitative estimate of drug-likeness (QED) is 0.0647. The van der Waals surface area contributed by atoms with Crippen LogP contribution in [0.5, 0.6) is 11.5 Å². The van der Waals surface area contributed by atoms with Crippen molar-refractivity contribution in [3.8, 4) is 11.5 Å². The van der Waals surface area contributed by atoms with Gasteiger partial charge in [0.1, 0.15) is 24.1 Å². The molecule has 0 aromatic heterocycles. The van der Waals surface area contributed by atoms with Crippen LogP contribution in [0.2, 0.25) is 0 Å². The number of nitro groups is 1. The Morgan fingerprint density at radius 1 is 1.11 bits per heavy atom. The number of benzene rings is 2. The van der Waals surface area contributed by atoms with E-state index in [1.165, 1.54) is 17.0 Å². The number of rotatable bonds is 17. The number of likely N-dealkylation sites (N-methyl/N-ethyl adjacent to an activating group) is 1. The first-order valence-corrected chi connectivity index (χ1v) is 18.9. The van der Waals surface area contributed by atoms with E-state index in [1.807, 2.05) is 20.8 Å². The van der Waals surface area contributed by atoms with Crippen molar-refractivity contribution in [2.24, 2.45) is 28.3 Å². The highest BCUT2D eigenvalue weighted by atomic mass is 16.7. The molecule has 2 aromatic carbocycles. The molecule has 0 saturated heterocycles. The van der Waals surface area contributed by atoms with E-state index in [0.717, 1.165) is 36.8 Å². The first-order valence-electron chi connectivity index (χ1n) is 18.9. The largest absolute Gasteiger partial charge is 0.508 e. The molecule has 294 valence electrons. The van der Waals surface area contributed by atoms with Crippen LogP contribution in [-0.2, 0) is 20.9 Å². The Kier molecular flexibility index (Phi) is 13.4. The number of aliphatic hydroxyl groups excluding tert-OH is 2. The second-order valence-electron chi connectivity index (χ2n) is 15.7. The number of non-ortho nitro benzene ring substituents is 1. The molecule has 1 heterocycles. The highest BCUT2D eigenvalue weighted by Crippen LogP contribution is 2.61. The number of aliphatic hydroxyl groups is 2. The first kappa shape index (κ1) is 40.7. The number of allylic oxidation sites excluding steroid dienone is 1. The molecular weight excluding hydrogens is 694 g/mol. The van der Waals surface area contributed by atoms with E-state index in [9.17, 15) is 30.2 Å². The van der Waals surface area contributed by atoms with Crippen molar-refractivity contribution >= 4 is 17.5 Å². The van der Waals surface area contributed by atoms with Gasteiger partial charge in [0.05, 0.1) is 29.8 Å². The molecule has 0 spiro atoms. The van der Waals surface area contributed by atoms with Crippen LogP contribution in [0, 0.1) is 33.3 Å². The number of ether oxygens (including phenoxy) is 3. The fourth-order valence-corrected chi connectivity index (χ4v) is 8.14. The van der Waals surface area contributed by atoms with Crippen molar-refractivity contribution in [1.82, 2.24) is 4.90 Å². The molecule has 2 aliphatic carbocycles. The summed E-state index contributed by atoms with van der Waals surface area (Å²) in [4.78, 5) is 32.2. The molecule has 3 N–H and O–H groups in total. The van der Waals surface area contributed by atoms with Crippen LogP contribution in [0.25, 0.3) is 0 Å². The average Bonchev–Trinajstić information content (AvgIpc) is 3.14. The van der Waals surface area contributed by atoms with E-state index in [2.05, 4.69) is 12.7 Å². The summed E-state index contributed by atoms with van der Waals surface area (Å²) in [6.45, 7) is 10.4. The summed E-state index contributed by atoms with van der Waals surface area (Å²) in [5.74, 6) is -1.57. The molecular formula is C41H55N3O10. The number of phenolic OH excluding ortho intramolecular Hbond substituents is 1. The molecule has 3 aliphatic rings. The Morgan fingerprint density at radius 2 is 1.81 bits per heavy atom. The lowest BCUT2D eigenvalue weighted by molar-refractivity contribution is -0.384. The molecule has 0 unspecified atom stereocenters. The predicted octanol–water partition coefficient (Wildman–Crippen LogP) is 7.25. The zero-order chi connectivity index (χ0) is 39.0. The minimum Gasteiger partial charge on any atom is -0.508 e. The van der Waals surface area contributed by atoms with Crippen molar-refractivity contribution in [2.75, 3.05) is 33.5 Å². The lowest BCUT2D eigenvalue weighted by Crippen LogP contribution is -2.69. The van der Waals surface area contributed by atoms with Crippen molar-refractivity contribution in [3.05, 3.63) is 88.0 Å². The Balaban J connectivity index is 1.68. The summed E-state index contributed by atoms with van der Waals surface area (Å²) in [5.41, 5.74) is 2.64. The van der Waals surface area contributed by atoms with Gasteiger partial charge in [0.15, 0.2) is 0 Å². The molecule has 0 radical (unpaired) electrons. The van der Waals surface area contributed by atoms with Crippen molar-refractivity contribution in [2.45, 2.75) is 90.1 Å². The third kappa shape index (κ3) is 9.07. The number of amides is 1. The summed E-state index contributed by atoms with van der Waals surface area (Å²) in [5, 5.41) is 46.3. The standard InChI is InChI=1S/C41H55N3O10/c1-6-21-52-41-36(43(5)39(48)51-26-40(2,3)4)24-34(42-53-25-27-13-15-29(16-14-27)44(49)50)32-22-28(11-7-9-19-45)31(12-8-10-20-46)37(38(32)41)33-23-30(47)17-18-35(33)54-41/h6,13-18,22-23,28,31,36-38,45-47H,1,7-12,19-21,24-26H2,2-5H3/t28-,31+,36-,37+,38+,41+/m0/s1. The fraction of sp³-hybridized carbons (Fsp3) is 0.561. The van der Waals surface area contributed by atoms with Gasteiger partial charge in [-0.05, 0) is 84.4 Å². The Bertz CT molecular complexity index is 1690. The summed E-state index contributed by atoms with van der Waals surface area (Å²) in [6, 6.07) is 10.4. The average molecular weight is 750 g/mol. The van der Waals surface area contributed by atoms with E-state index >= 15 is 0 Å². The van der Waals surface area contributed by atoms with Gasteiger partial charge in [0, 0.05) is 50.3 Å². The Morgan fingerprint density at radius 3 is 2.46 bits per heavy atom. The van der Waals surface area contributed by atoms with Crippen LogP contribution in [0.1, 0.15) is 82.8 Å². The molecule has 1 aliphatic heterocycles. The van der Waals surface area contributed by atoms with E-state index in [0.29, 0.717) is 29.9 Å². The van der Waals surface area contributed by atoms with Crippen LogP contribution < -0.4 is 4.74 Å². The summed E-state index contributed by atoms with van der Waals surface area (Å²) < 4.78 is 19.7. The van der Waals surface area contributed by atoms with Crippen LogP contribution in [0.15, 0.2) is 71.9 Å². The third-order valence-corrected chi connectivity index (χ3v) is 10.6. The van der Waals surface area contributed by atoms with Gasteiger partial charge in [-0.2, -0.15) is 0 Å². The van der Waals surface area contributed by atoms with Crippen molar-refractivity contribution in [3.63, 3.8) is 0 Å². The van der Waals surface area contributed by atoms with Gasteiger partial charge in [-0.25, -0.2) is 4.79 Å². The maximum atomic E-state index is 13.9. The summed E-state index contributed by atoms with van der Waals surface area (Å²) >= 11 is 0. The number of carbonyl (C=O) groups is 1. The summed E-state index contributed by atoms with van der Waals surface area (Å²) in [7, 11) is 1.67. The van der Waals surface area contributed by atoms with Crippen LogP contribution >= 0.6 is 0 Å². The summed E-state index contributed by atoms with van der Waals surface area (Å²) in [6.07, 6.45) is 7.88. The first-order chi connectivity index (χ1) is 25.8. The van der Waals surface area contributed by atoms with E-state index in [4.69, 9.17) is 24.2 Å². The van der Waals surface area contributed by atoms with Crippen LogP contribution in [0.4, 0.5) is 10.5 Å². The van der Waals surface area contributed by atoms with Gasteiger partial charge < -0.3 is 39.3 Å². The lowest BCUT2D eigenvalue weighted by atomic mass is 9.55.